The first kappa shape index (κ1) is 24.8. The van der Waals surface area contributed by atoms with Crippen molar-refractivity contribution in [2.24, 2.45) is 0 Å². The third-order valence-electron chi connectivity index (χ3n) is 5.01. The molecule has 0 amide bonds. The minimum absolute atomic E-state index is 0.0230. The van der Waals surface area contributed by atoms with Crippen LogP contribution in [-0.2, 0) is 26.2 Å². The van der Waals surface area contributed by atoms with E-state index in [2.05, 4.69) is 0 Å². The van der Waals surface area contributed by atoms with Crippen LogP contribution in [-0.4, -0.2) is 13.2 Å². The van der Waals surface area contributed by atoms with Crippen molar-refractivity contribution < 1.29 is 35.6 Å². The van der Waals surface area contributed by atoms with E-state index < -0.39 is 36.6 Å². The lowest BCUT2D eigenvalue weighted by molar-refractivity contribution is -0.136. The van der Waals surface area contributed by atoms with Gasteiger partial charge in [-0.1, -0.05) is 12.1 Å². The molecular weight excluding hydrogens is 470 g/mol. The zero-order valence-electron chi connectivity index (χ0n) is 17.6. The Hall–Kier alpha value is -1.80. The summed E-state index contributed by atoms with van der Waals surface area (Å²) in [7, 11) is -3.87. The van der Waals surface area contributed by atoms with Gasteiger partial charge in [0.25, 0.3) is 0 Å². The molecule has 0 saturated carbocycles. The maximum absolute atomic E-state index is 13.8. The average Bonchev–Trinajstić information content (AvgIpc) is 3.04. The van der Waals surface area contributed by atoms with Crippen molar-refractivity contribution >= 4 is 29.0 Å². The molecule has 1 atom stereocenters. The molecule has 0 aliphatic heterocycles. The maximum atomic E-state index is 13.8. The molecule has 0 radical (unpaired) electrons. The molecule has 0 fully saturated rings. The number of halogens is 5. The van der Waals surface area contributed by atoms with Crippen LogP contribution in [0.2, 0.25) is 0 Å². The summed E-state index contributed by atoms with van der Waals surface area (Å²) in [6.45, 7) is 4.87. The fourth-order valence-electron chi connectivity index (χ4n) is 3.69. The van der Waals surface area contributed by atoms with E-state index >= 15 is 0 Å². The number of hydrogen-bond donors (Lipinski definition) is 0. The van der Waals surface area contributed by atoms with Gasteiger partial charge >= 0.3 is 13.8 Å². The van der Waals surface area contributed by atoms with Gasteiger partial charge in [0, 0.05) is 15.0 Å². The van der Waals surface area contributed by atoms with Gasteiger partial charge in [0.15, 0.2) is 11.6 Å². The van der Waals surface area contributed by atoms with Crippen LogP contribution in [0, 0.1) is 18.6 Å². The lowest BCUT2D eigenvalue weighted by Crippen LogP contribution is -2.10. The largest absolute Gasteiger partial charge is 0.417 e. The Morgan fingerprint density at radius 1 is 1.03 bits per heavy atom. The molecule has 0 saturated heterocycles. The highest BCUT2D eigenvalue weighted by Crippen LogP contribution is 2.64. The first-order valence-corrected chi connectivity index (χ1v) is 12.4. The van der Waals surface area contributed by atoms with Crippen molar-refractivity contribution in [3.8, 4) is 0 Å². The van der Waals surface area contributed by atoms with Crippen molar-refractivity contribution in [3.63, 3.8) is 0 Å². The molecule has 1 aromatic heterocycles. The fraction of sp³-hybridized carbons (Fsp3) is 0.364. The number of aryl methyl sites for hydroxylation is 1. The molecule has 0 aliphatic carbocycles. The quantitative estimate of drug-likeness (QED) is 0.236. The number of thiophene rings is 1. The van der Waals surface area contributed by atoms with Crippen LogP contribution < -0.4 is 0 Å². The summed E-state index contributed by atoms with van der Waals surface area (Å²) in [6, 6.07) is 7.16. The fourth-order valence-corrected chi connectivity index (χ4v) is 7.53. The van der Waals surface area contributed by atoms with E-state index in [9.17, 15) is 26.5 Å². The second-order valence-electron chi connectivity index (χ2n) is 7.11. The number of alkyl halides is 3. The Bertz CT molecular complexity index is 1150. The molecule has 2 aromatic carbocycles. The molecule has 174 valence electrons. The predicted octanol–water partition coefficient (Wildman–Crippen LogP) is 8.06. The second kappa shape index (κ2) is 9.59. The Kier molecular flexibility index (Phi) is 7.44. The van der Waals surface area contributed by atoms with Gasteiger partial charge in [0.1, 0.15) is 0 Å². The lowest BCUT2D eigenvalue weighted by atomic mass is 10.0. The summed E-state index contributed by atoms with van der Waals surface area (Å²) in [5, 5.41) is 0.0230. The van der Waals surface area contributed by atoms with Crippen molar-refractivity contribution in [1.29, 1.82) is 0 Å². The first-order valence-electron chi connectivity index (χ1n) is 9.93. The minimum atomic E-state index is -4.57. The van der Waals surface area contributed by atoms with Gasteiger partial charge in [-0.25, -0.2) is 8.78 Å². The summed E-state index contributed by atoms with van der Waals surface area (Å²) >= 11 is 1.07. The highest BCUT2D eigenvalue weighted by atomic mass is 32.1. The van der Waals surface area contributed by atoms with Crippen LogP contribution in [0.1, 0.15) is 41.1 Å². The number of rotatable bonds is 8. The second-order valence-corrected chi connectivity index (χ2v) is 10.4. The van der Waals surface area contributed by atoms with E-state index in [0.717, 1.165) is 29.5 Å². The monoisotopic (exact) mass is 492 g/mol. The zero-order valence-corrected chi connectivity index (χ0v) is 19.3. The molecule has 1 heterocycles. The first-order chi connectivity index (χ1) is 15.0. The van der Waals surface area contributed by atoms with Crippen LogP contribution in [0.4, 0.5) is 22.0 Å². The van der Waals surface area contributed by atoms with E-state index in [0.29, 0.717) is 20.7 Å². The molecule has 1 unspecified atom stereocenters. The van der Waals surface area contributed by atoms with Crippen molar-refractivity contribution in [2.45, 2.75) is 39.0 Å². The lowest BCUT2D eigenvalue weighted by Gasteiger charge is -2.26. The third kappa shape index (κ3) is 4.91. The van der Waals surface area contributed by atoms with E-state index in [1.165, 1.54) is 19.1 Å². The maximum Gasteiger partial charge on any atom is 0.417 e. The molecular formula is C22H22F5O3PS. The molecule has 0 N–H and O–H groups in total. The van der Waals surface area contributed by atoms with Gasteiger partial charge in [0.05, 0.1) is 24.4 Å². The van der Waals surface area contributed by atoms with E-state index in [-0.39, 0.29) is 25.0 Å². The van der Waals surface area contributed by atoms with Gasteiger partial charge in [-0.15, -0.1) is 11.3 Å². The molecule has 10 heteroatoms. The van der Waals surface area contributed by atoms with Crippen LogP contribution >= 0.6 is 18.9 Å². The van der Waals surface area contributed by atoms with E-state index in [1.54, 1.807) is 19.9 Å². The number of benzene rings is 2. The highest BCUT2D eigenvalue weighted by Gasteiger charge is 2.41. The molecule has 0 aliphatic rings. The van der Waals surface area contributed by atoms with E-state index in [4.69, 9.17) is 9.05 Å². The molecule has 3 rings (SSSR count). The Balaban J connectivity index is 2.23. The van der Waals surface area contributed by atoms with Crippen LogP contribution in [0.5, 0.6) is 0 Å². The predicted molar refractivity (Wildman–Crippen MR) is 115 cm³/mol. The molecule has 3 nitrogen and oxygen atoms in total. The molecule has 32 heavy (non-hydrogen) atoms. The number of fused-ring (bicyclic) bond motifs is 1. The Labute approximate surface area is 186 Å². The molecule has 3 aromatic rings. The summed E-state index contributed by atoms with van der Waals surface area (Å²) in [4.78, 5) is 0.395. The minimum Gasteiger partial charge on any atom is -0.308 e. The van der Waals surface area contributed by atoms with Gasteiger partial charge in [-0.05, 0) is 62.6 Å². The summed E-state index contributed by atoms with van der Waals surface area (Å²) in [6.07, 6.45) is -4.63. The molecule has 0 bridgehead atoms. The summed E-state index contributed by atoms with van der Waals surface area (Å²) < 4.78 is 93.3. The van der Waals surface area contributed by atoms with Gasteiger partial charge < -0.3 is 9.05 Å². The smallest absolute Gasteiger partial charge is 0.308 e. The van der Waals surface area contributed by atoms with Crippen LogP contribution in [0.3, 0.4) is 0 Å². The normalized spacial score (nSPS) is 13.6. The third-order valence-corrected chi connectivity index (χ3v) is 9.00. The topological polar surface area (TPSA) is 35.5 Å². The summed E-state index contributed by atoms with van der Waals surface area (Å²) in [5.41, 5.74) is -1.15. The molecule has 0 spiro atoms. The Morgan fingerprint density at radius 3 is 2.25 bits per heavy atom. The van der Waals surface area contributed by atoms with Crippen molar-refractivity contribution in [3.05, 3.63) is 69.6 Å². The van der Waals surface area contributed by atoms with Gasteiger partial charge in [0.2, 0.25) is 0 Å². The van der Waals surface area contributed by atoms with Gasteiger partial charge in [-0.2, -0.15) is 13.2 Å². The van der Waals surface area contributed by atoms with Crippen LogP contribution in [0.25, 0.3) is 10.1 Å². The zero-order chi connectivity index (χ0) is 23.7. The van der Waals surface area contributed by atoms with Crippen molar-refractivity contribution in [1.82, 2.24) is 0 Å². The van der Waals surface area contributed by atoms with Gasteiger partial charge in [-0.3, -0.25) is 4.57 Å². The average molecular weight is 492 g/mol. The Morgan fingerprint density at radius 2 is 1.69 bits per heavy atom. The SMILES string of the molecule is CCOP(=O)(OCC)C(Cc1ccc(F)c(F)c1)c1sc2cccc(C(F)(F)F)c2c1C. The van der Waals surface area contributed by atoms with Crippen molar-refractivity contribution in [2.75, 3.05) is 13.2 Å². The van der Waals surface area contributed by atoms with E-state index in [1.807, 2.05) is 0 Å². The highest BCUT2D eigenvalue weighted by molar-refractivity contribution is 7.54. The standard InChI is InChI=1S/C22H22F5O3PS/c1-4-29-31(28,30-5-2)18(12-14-9-10-16(23)17(24)11-14)21-13(3)20-15(22(25,26)27)7-6-8-19(20)32-21/h6-11,18H,4-5,12H2,1-3H3. The number of hydrogen-bond acceptors (Lipinski definition) is 4. The summed E-state index contributed by atoms with van der Waals surface area (Å²) in [5.74, 6) is -2.10. The van der Waals surface area contributed by atoms with Crippen LogP contribution in [0.15, 0.2) is 36.4 Å².